The van der Waals surface area contributed by atoms with Crippen molar-refractivity contribution in [2.45, 2.75) is 25.6 Å². The average Bonchev–Trinajstić information content (AvgIpc) is 3.18. The van der Waals surface area contributed by atoms with E-state index in [1.165, 1.54) is 5.56 Å². The van der Waals surface area contributed by atoms with E-state index in [0.717, 1.165) is 18.7 Å². The van der Waals surface area contributed by atoms with Crippen LogP contribution in [0.4, 0.5) is 0 Å². The lowest BCUT2D eigenvalue weighted by Crippen LogP contribution is -2.42. The van der Waals surface area contributed by atoms with Crippen molar-refractivity contribution in [3.8, 4) is 17.2 Å². The number of methoxy groups -OCH3 is 2. The summed E-state index contributed by atoms with van der Waals surface area (Å²) in [5.74, 6) is 2.84. The Morgan fingerprint density at radius 1 is 1.21 bits per heavy atom. The first kappa shape index (κ1) is 20.8. The number of aliphatic hydroxyl groups is 1. The lowest BCUT2D eigenvalue weighted by molar-refractivity contribution is 0.182. The van der Waals surface area contributed by atoms with Gasteiger partial charge in [0.25, 0.3) is 0 Å². The van der Waals surface area contributed by atoms with Crippen LogP contribution in [0, 0.1) is 0 Å². The summed E-state index contributed by atoms with van der Waals surface area (Å²) in [5.41, 5.74) is 1.86. The van der Waals surface area contributed by atoms with Gasteiger partial charge >= 0.3 is 0 Å². The summed E-state index contributed by atoms with van der Waals surface area (Å²) in [6, 6.07) is 13.4. The molecule has 7 nitrogen and oxygen atoms in total. The minimum Gasteiger partial charge on any atom is -0.497 e. The quantitative estimate of drug-likeness (QED) is 0.467. The Balaban J connectivity index is 1.60. The van der Waals surface area contributed by atoms with Gasteiger partial charge in [-0.15, -0.1) is 0 Å². The lowest BCUT2D eigenvalue weighted by Gasteiger charge is -2.17. The Hall–Kier alpha value is -2.93. The molecule has 2 aromatic rings. The van der Waals surface area contributed by atoms with Crippen molar-refractivity contribution in [3.63, 3.8) is 0 Å². The highest BCUT2D eigenvalue weighted by atomic mass is 16.5. The van der Waals surface area contributed by atoms with E-state index >= 15 is 0 Å². The highest BCUT2D eigenvalue weighted by Gasteiger charge is 2.22. The van der Waals surface area contributed by atoms with Crippen LogP contribution in [0.2, 0.25) is 0 Å². The Bertz CT molecular complexity index is 816. The summed E-state index contributed by atoms with van der Waals surface area (Å²) >= 11 is 0. The molecule has 0 amide bonds. The van der Waals surface area contributed by atoms with Gasteiger partial charge in [0.1, 0.15) is 29.5 Å². The summed E-state index contributed by atoms with van der Waals surface area (Å²) in [5, 5.41) is 17.1. The van der Waals surface area contributed by atoms with Crippen LogP contribution in [0.3, 0.4) is 0 Å². The largest absolute Gasteiger partial charge is 0.497 e. The van der Waals surface area contributed by atoms with E-state index in [-0.39, 0.29) is 12.6 Å². The van der Waals surface area contributed by atoms with Crippen LogP contribution in [-0.2, 0) is 6.42 Å². The first-order valence-corrected chi connectivity index (χ1v) is 9.81. The molecule has 1 aliphatic heterocycles. The van der Waals surface area contributed by atoms with E-state index in [0.29, 0.717) is 29.6 Å². The number of hydrogen-bond donors (Lipinski definition) is 3. The molecule has 7 heteroatoms. The molecule has 0 aliphatic carbocycles. The lowest BCUT2D eigenvalue weighted by atomic mass is 10.1. The number of aliphatic imine (C=N–C) groups is 1. The van der Waals surface area contributed by atoms with Gasteiger partial charge in [-0.25, -0.2) is 0 Å². The van der Waals surface area contributed by atoms with Crippen molar-refractivity contribution in [2.24, 2.45) is 4.99 Å². The van der Waals surface area contributed by atoms with E-state index in [9.17, 15) is 5.11 Å². The van der Waals surface area contributed by atoms with Crippen LogP contribution in [0.5, 0.6) is 17.2 Å². The van der Waals surface area contributed by atoms with Gasteiger partial charge in [-0.1, -0.05) is 18.2 Å². The number of hydrogen-bond acceptors (Lipinski definition) is 5. The van der Waals surface area contributed by atoms with Gasteiger partial charge in [0, 0.05) is 18.5 Å². The van der Waals surface area contributed by atoms with Crippen LogP contribution in [-0.4, -0.2) is 51.0 Å². The van der Waals surface area contributed by atoms with Crippen LogP contribution in [0.25, 0.3) is 0 Å². The molecule has 1 heterocycles. The molecular weight excluding hydrogens is 370 g/mol. The molecular formula is C22H29N3O4. The summed E-state index contributed by atoms with van der Waals surface area (Å²) in [4.78, 5) is 4.52. The molecule has 2 atom stereocenters. The van der Waals surface area contributed by atoms with Crippen LogP contribution < -0.4 is 24.8 Å². The zero-order valence-corrected chi connectivity index (χ0v) is 17.1. The number of para-hydroxylation sites is 1. The molecule has 0 bridgehead atoms. The molecule has 2 aromatic carbocycles. The second-order valence-electron chi connectivity index (χ2n) is 6.78. The zero-order chi connectivity index (χ0) is 20.6. The highest BCUT2D eigenvalue weighted by molar-refractivity contribution is 5.79. The third kappa shape index (κ3) is 5.32. The molecule has 3 N–H and O–H groups in total. The number of aliphatic hydroxyl groups excluding tert-OH is 1. The fourth-order valence-electron chi connectivity index (χ4n) is 3.30. The van der Waals surface area contributed by atoms with Crippen molar-refractivity contribution in [3.05, 3.63) is 53.6 Å². The highest BCUT2D eigenvalue weighted by Crippen LogP contribution is 2.30. The van der Waals surface area contributed by atoms with Gasteiger partial charge in [-0.2, -0.15) is 0 Å². The first-order valence-electron chi connectivity index (χ1n) is 9.81. The molecule has 0 saturated heterocycles. The van der Waals surface area contributed by atoms with Gasteiger partial charge in [0.2, 0.25) is 0 Å². The third-order valence-electron chi connectivity index (χ3n) is 4.77. The summed E-state index contributed by atoms with van der Waals surface area (Å²) in [6.07, 6.45) is 0.105. The molecule has 0 radical (unpaired) electrons. The number of ether oxygens (including phenoxy) is 3. The molecule has 29 heavy (non-hydrogen) atoms. The standard InChI is InChI=1S/C22H29N3O4/c1-4-23-22(24-13-17-11-15-7-5-6-8-20(15)29-17)25-14-19(26)18-12-16(27-2)9-10-21(18)28-3/h5-10,12,17,19,26H,4,11,13-14H2,1-3H3,(H2,23,24,25). The first-order chi connectivity index (χ1) is 14.1. The van der Waals surface area contributed by atoms with Gasteiger partial charge in [-0.05, 0) is 36.8 Å². The van der Waals surface area contributed by atoms with Crippen LogP contribution >= 0.6 is 0 Å². The topological polar surface area (TPSA) is 84.3 Å². The van der Waals surface area contributed by atoms with Crippen molar-refractivity contribution >= 4 is 5.96 Å². The second kappa shape index (κ2) is 10.0. The molecule has 0 spiro atoms. The number of fused-ring (bicyclic) bond motifs is 1. The van der Waals surface area contributed by atoms with Gasteiger partial charge < -0.3 is 30.0 Å². The van der Waals surface area contributed by atoms with E-state index in [1.54, 1.807) is 32.4 Å². The number of nitrogens with one attached hydrogen (secondary N) is 2. The Kier molecular flexibility index (Phi) is 7.19. The SMILES string of the molecule is CCNC(=NCC(O)c1cc(OC)ccc1OC)NCC1Cc2ccccc2O1. The zero-order valence-electron chi connectivity index (χ0n) is 17.1. The second-order valence-corrected chi connectivity index (χ2v) is 6.78. The number of guanidine groups is 1. The molecule has 0 saturated carbocycles. The monoisotopic (exact) mass is 399 g/mol. The Morgan fingerprint density at radius 3 is 2.76 bits per heavy atom. The number of nitrogens with zero attached hydrogens (tertiary/aromatic N) is 1. The van der Waals surface area contributed by atoms with E-state index in [2.05, 4.69) is 21.7 Å². The van der Waals surface area contributed by atoms with Crippen molar-refractivity contribution in [2.75, 3.05) is 33.9 Å². The van der Waals surface area contributed by atoms with Crippen LogP contribution in [0.15, 0.2) is 47.5 Å². The maximum Gasteiger partial charge on any atom is 0.191 e. The van der Waals surface area contributed by atoms with Crippen molar-refractivity contribution in [1.29, 1.82) is 0 Å². The smallest absolute Gasteiger partial charge is 0.191 e. The summed E-state index contributed by atoms with van der Waals surface area (Å²) < 4.78 is 16.6. The maximum absolute atomic E-state index is 10.6. The molecule has 156 valence electrons. The molecule has 2 unspecified atom stereocenters. The molecule has 0 aromatic heterocycles. The fourth-order valence-corrected chi connectivity index (χ4v) is 3.30. The minimum atomic E-state index is -0.817. The summed E-state index contributed by atoms with van der Waals surface area (Å²) in [6.45, 7) is 3.53. The Labute approximate surface area is 171 Å². The third-order valence-corrected chi connectivity index (χ3v) is 4.77. The van der Waals surface area contributed by atoms with Gasteiger partial charge in [0.15, 0.2) is 5.96 Å². The van der Waals surface area contributed by atoms with E-state index in [4.69, 9.17) is 14.2 Å². The number of rotatable bonds is 8. The van der Waals surface area contributed by atoms with Crippen molar-refractivity contribution < 1.29 is 19.3 Å². The van der Waals surface area contributed by atoms with Crippen LogP contribution in [0.1, 0.15) is 24.2 Å². The maximum atomic E-state index is 10.6. The normalized spacial score (nSPS) is 16.6. The average molecular weight is 399 g/mol. The Morgan fingerprint density at radius 2 is 2.03 bits per heavy atom. The summed E-state index contributed by atoms with van der Waals surface area (Å²) in [7, 11) is 3.17. The molecule has 1 aliphatic rings. The minimum absolute atomic E-state index is 0.0552. The fraction of sp³-hybridized carbons (Fsp3) is 0.409. The van der Waals surface area contributed by atoms with Gasteiger partial charge in [-0.3, -0.25) is 4.99 Å². The van der Waals surface area contributed by atoms with Gasteiger partial charge in [0.05, 0.1) is 27.3 Å². The molecule has 3 rings (SSSR count). The van der Waals surface area contributed by atoms with Crippen molar-refractivity contribution in [1.82, 2.24) is 10.6 Å². The predicted octanol–water partition coefficient (Wildman–Crippen LogP) is 2.30. The predicted molar refractivity (Wildman–Crippen MR) is 113 cm³/mol. The number of benzene rings is 2. The molecule has 0 fully saturated rings. The van der Waals surface area contributed by atoms with E-state index in [1.807, 2.05) is 25.1 Å². The van der Waals surface area contributed by atoms with E-state index < -0.39 is 6.10 Å².